The van der Waals surface area contributed by atoms with Gasteiger partial charge in [-0.1, -0.05) is 59.9 Å². The molecule has 26 heavy (non-hydrogen) atoms. The lowest BCUT2D eigenvalue weighted by Crippen LogP contribution is -3.00. The molecule has 2 aromatic carbocycles. The lowest BCUT2D eigenvalue weighted by Gasteiger charge is -2.03. The van der Waals surface area contributed by atoms with E-state index in [1.54, 1.807) is 35.6 Å². The Kier molecular flexibility index (Phi) is 7.69. The number of nitrogens with zero attached hydrogens (tertiary/aromatic N) is 1. The number of esters is 1. The number of thiazole rings is 1. The van der Waals surface area contributed by atoms with Crippen LogP contribution in [0.15, 0.2) is 72.2 Å². The van der Waals surface area contributed by atoms with Gasteiger partial charge in [-0.25, -0.2) is 4.79 Å². The third-order valence-corrected chi connectivity index (χ3v) is 4.70. The molecule has 0 aliphatic heterocycles. The molecule has 0 aliphatic rings. The minimum absolute atomic E-state index is 0. The van der Waals surface area contributed by atoms with Gasteiger partial charge in [-0.05, 0) is 12.1 Å². The van der Waals surface area contributed by atoms with Crippen molar-refractivity contribution in [1.82, 2.24) is 0 Å². The van der Waals surface area contributed by atoms with Crippen LogP contribution in [0.4, 0.5) is 0 Å². The first kappa shape index (κ1) is 20.0. The number of carbonyl (C=O) groups is 2. The number of rotatable bonds is 7. The molecule has 0 spiro atoms. The smallest absolute Gasteiger partial charge is 0.338 e. The molecule has 0 atom stereocenters. The first-order chi connectivity index (χ1) is 12.2. The summed E-state index contributed by atoms with van der Waals surface area (Å²) in [6, 6.07) is 18.2. The highest BCUT2D eigenvalue weighted by Gasteiger charge is 2.18. The van der Waals surface area contributed by atoms with Gasteiger partial charge in [0.2, 0.25) is 17.3 Å². The Morgan fingerprint density at radius 2 is 1.54 bits per heavy atom. The van der Waals surface area contributed by atoms with Crippen LogP contribution in [-0.2, 0) is 17.7 Å². The maximum absolute atomic E-state index is 12.3. The van der Waals surface area contributed by atoms with E-state index in [1.165, 1.54) is 0 Å². The standard InChI is InChI=1S/C20H18NO3S.BrH/c22-18(16-7-3-1-4-8-16)15-21-12-14-25-19(21)11-13-24-20(23)17-9-5-2-6-10-17;/h1-10,12,14H,11,13,15H2;1H/q+1;/p-1. The van der Waals surface area contributed by atoms with Crippen LogP contribution >= 0.6 is 11.3 Å². The van der Waals surface area contributed by atoms with Crippen molar-refractivity contribution in [1.29, 1.82) is 0 Å². The van der Waals surface area contributed by atoms with Crippen LogP contribution in [0.25, 0.3) is 0 Å². The molecule has 0 bridgehead atoms. The number of aromatic nitrogens is 1. The van der Waals surface area contributed by atoms with Crippen LogP contribution in [0.3, 0.4) is 0 Å². The molecular formula is C20H18BrNO3S. The number of halogens is 1. The zero-order valence-corrected chi connectivity index (χ0v) is 16.4. The zero-order valence-electron chi connectivity index (χ0n) is 14.0. The van der Waals surface area contributed by atoms with E-state index in [1.807, 2.05) is 52.5 Å². The summed E-state index contributed by atoms with van der Waals surface area (Å²) < 4.78 is 7.23. The highest BCUT2D eigenvalue weighted by atomic mass is 79.9. The zero-order chi connectivity index (χ0) is 17.5. The van der Waals surface area contributed by atoms with Crippen LogP contribution < -0.4 is 21.5 Å². The molecule has 0 saturated carbocycles. The van der Waals surface area contributed by atoms with E-state index in [9.17, 15) is 9.59 Å². The summed E-state index contributed by atoms with van der Waals surface area (Å²) in [7, 11) is 0. The van der Waals surface area contributed by atoms with E-state index < -0.39 is 0 Å². The van der Waals surface area contributed by atoms with Gasteiger partial charge in [0.1, 0.15) is 6.61 Å². The molecule has 3 rings (SSSR count). The fourth-order valence-electron chi connectivity index (χ4n) is 2.44. The van der Waals surface area contributed by atoms with Crippen molar-refractivity contribution < 1.29 is 35.9 Å². The molecule has 0 fully saturated rings. The molecule has 0 saturated heterocycles. The van der Waals surface area contributed by atoms with Gasteiger partial charge in [-0.2, -0.15) is 4.57 Å². The van der Waals surface area contributed by atoms with E-state index in [-0.39, 0.29) is 41.9 Å². The summed E-state index contributed by atoms with van der Waals surface area (Å²) >= 11 is 1.55. The van der Waals surface area contributed by atoms with Gasteiger partial charge in [0, 0.05) is 5.56 Å². The lowest BCUT2D eigenvalue weighted by molar-refractivity contribution is -0.685. The molecule has 134 valence electrons. The van der Waals surface area contributed by atoms with Crippen LogP contribution in [0, 0.1) is 0 Å². The van der Waals surface area contributed by atoms with Crippen molar-refractivity contribution in [3.63, 3.8) is 0 Å². The van der Waals surface area contributed by atoms with Crippen LogP contribution in [0.2, 0.25) is 0 Å². The summed E-state index contributed by atoms with van der Waals surface area (Å²) in [5.74, 6) is -0.268. The highest BCUT2D eigenvalue weighted by Crippen LogP contribution is 2.07. The minimum Gasteiger partial charge on any atom is -1.00 e. The van der Waals surface area contributed by atoms with Crippen molar-refractivity contribution >= 4 is 23.1 Å². The van der Waals surface area contributed by atoms with E-state index in [2.05, 4.69) is 0 Å². The van der Waals surface area contributed by atoms with Gasteiger partial charge in [0.05, 0.1) is 17.4 Å². The summed E-state index contributed by atoms with van der Waals surface area (Å²) in [4.78, 5) is 24.3. The van der Waals surface area contributed by atoms with E-state index in [0.29, 0.717) is 17.5 Å². The Hall–Kier alpha value is -2.31. The second-order valence-corrected chi connectivity index (χ2v) is 6.44. The van der Waals surface area contributed by atoms with Crippen molar-refractivity contribution in [3.05, 3.63) is 88.4 Å². The monoisotopic (exact) mass is 431 g/mol. The van der Waals surface area contributed by atoms with Gasteiger partial charge in [0.15, 0.2) is 6.20 Å². The number of carbonyl (C=O) groups excluding carboxylic acids is 2. The van der Waals surface area contributed by atoms with Crippen molar-refractivity contribution in [2.45, 2.75) is 13.0 Å². The van der Waals surface area contributed by atoms with E-state index >= 15 is 0 Å². The highest BCUT2D eigenvalue weighted by molar-refractivity contribution is 7.09. The van der Waals surface area contributed by atoms with Crippen molar-refractivity contribution in [3.8, 4) is 0 Å². The van der Waals surface area contributed by atoms with Gasteiger partial charge in [-0.3, -0.25) is 4.79 Å². The Labute approximate surface area is 166 Å². The Bertz CT molecular complexity index is 850. The number of Topliss-reactive ketones (excluding diaryl/α,β-unsaturated/α-hetero) is 1. The number of hydrogen-bond donors (Lipinski definition) is 0. The van der Waals surface area contributed by atoms with E-state index in [0.717, 1.165) is 5.01 Å². The molecule has 4 nitrogen and oxygen atoms in total. The van der Waals surface area contributed by atoms with Crippen molar-refractivity contribution in [2.24, 2.45) is 0 Å². The largest absolute Gasteiger partial charge is 1.00 e. The molecule has 1 aromatic heterocycles. The Morgan fingerprint density at radius 3 is 2.19 bits per heavy atom. The number of ketones is 1. The normalized spacial score (nSPS) is 10.0. The summed E-state index contributed by atoms with van der Waals surface area (Å²) in [6.45, 7) is 0.573. The van der Waals surface area contributed by atoms with Gasteiger partial charge < -0.3 is 21.7 Å². The molecule has 1 heterocycles. The number of ether oxygens (including phenoxy) is 1. The average molecular weight is 432 g/mol. The fourth-order valence-corrected chi connectivity index (χ4v) is 3.26. The molecule has 0 aliphatic carbocycles. The SMILES string of the molecule is O=C(C[n+]1ccsc1CCOC(=O)c1ccccc1)c1ccccc1.[Br-]. The van der Waals surface area contributed by atoms with Crippen LogP contribution in [0.5, 0.6) is 0 Å². The van der Waals surface area contributed by atoms with Crippen LogP contribution in [0.1, 0.15) is 25.7 Å². The maximum Gasteiger partial charge on any atom is 0.338 e. The predicted molar refractivity (Wildman–Crippen MR) is 95.7 cm³/mol. The summed E-state index contributed by atoms with van der Waals surface area (Å²) in [5.41, 5.74) is 1.24. The number of hydrogen-bond acceptors (Lipinski definition) is 4. The first-order valence-corrected chi connectivity index (χ1v) is 8.88. The third kappa shape index (κ3) is 5.34. The molecule has 0 unspecified atom stereocenters. The third-order valence-electron chi connectivity index (χ3n) is 3.73. The Morgan fingerprint density at radius 1 is 0.923 bits per heavy atom. The molecule has 6 heteroatoms. The van der Waals surface area contributed by atoms with Gasteiger partial charge in [-0.15, -0.1) is 0 Å². The topological polar surface area (TPSA) is 47.2 Å². The quantitative estimate of drug-likeness (QED) is 0.307. The number of benzene rings is 2. The minimum atomic E-state index is -0.330. The first-order valence-electron chi connectivity index (χ1n) is 8.00. The van der Waals surface area contributed by atoms with Gasteiger partial charge >= 0.3 is 5.97 Å². The molecule has 0 amide bonds. The average Bonchev–Trinajstić information content (AvgIpc) is 3.10. The van der Waals surface area contributed by atoms with Crippen molar-refractivity contribution in [2.75, 3.05) is 6.61 Å². The lowest BCUT2D eigenvalue weighted by atomic mass is 10.1. The predicted octanol–water partition coefficient (Wildman–Crippen LogP) is 0.322. The molecular weight excluding hydrogens is 414 g/mol. The summed E-state index contributed by atoms with van der Waals surface area (Å²) in [5, 5.41) is 2.94. The molecule has 0 radical (unpaired) electrons. The Balaban J connectivity index is 0.00000243. The van der Waals surface area contributed by atoms with Gasteiger partial charge in [0.25, 0.3) is 0 Å². The van der Waals surface area contributed by atoms with Crippen LogP contribution in [-0.4, -0.2) is 18.4 Å². The fraction of sp³-hybridized carbons (Fsp3) is 0.150. The summed E-state index contributed by atoms with van der Waals surface area (Å²) in [6.07, 6.45) is 2.47. The second kappa shape index (κ2) is 9.99. The second-order valence-electron chi connectivity index (χ2n) is 5.47. The maximum atomic E-state index is 12.3. The van der Waals surface area contributed by atoms with E-state index in [4.69, 9.17) is 4.74 Å². The molecule has 3 aromatic rings. The molecule has 0 N–H and O–H groups in total.